The highest BCUT2D eigenvalue weighted by Crippen LogP contribution is 2.29. The Bertz CT molecular complexity index is 840. The Morgan fingerprint density at radius 3 is 2.61 bits per heavy atom. The number of aromatic nitrogens is 1. The minimum atomic E-state index is -0.536. The molecule has 2 heterocycles. The van der Waals surface area contributed by atoms with Gasteiger partial charge < -0.3 is 19.8 Å². The molecule has 0 bridgehead atoms. The van der Waals surface area contributed by atoms with Gasteiger partial charge in [0.2, 0.25) is 11.8 Å². The number of nitrogens with zero attached hydrogens (tertiary/aromatic N) is 1. The zero-order valence-electron chi connectivity index (χ0n) is 15.9. The SMILES string of the molecule is CC1(C(=O)N[C@H](Cc2ccccc2)c2nc(C(=O)NC3CCC3)co2)COC1. The number of hydrogen-bond donors (Lipinski definition) is 2. The van der Waals surface area contributed by atoms with Crippen molar-refractivity contribution in [3.63, 3.8) is 0 Å². The van der Waals surface area contributed by atoms with E-state index in [4.69, 9.17) is 9.15 Å². The van der Waals surface area contributed by atoms with Crippen molar-refractivity contribution in [3.8, 4) is 0 Å². The summed E-state index contributed by atoms with van der Waals surface area (Å²) in [6.07, 6.45) is 5.03. The van der Waals surface area contributed by atoms with Crippen molar-refractivity contribution in [2.75, 3.05) is 13.2 Å². The molecule has 148 valence electrons. The Balaban J connectivity index is 1.50. The van der Waals surface area contributed by atoms with Crippen molar-refractivity contribution in [1.82, 2.24) is 15.6 Å². The second kappa shape index (κ2) is 7.75. The van der Waals surface area contributed by atoms with Gasteiger partial charge in [-0.3, -0.25) is 9.59 Å². The van der Waals surface area contributed by atoms with Crippen molar-refractivity contribution in [1.29, 1.82) is 0 Å². The number of carbonyl (C=O) groups excluding carboxylic acids is 2. The summed E-state index contributed by atoms with van der Waals surface area (Å²) in [6, 6.07) is 9.58. The number of hydrogen-bond acceptors (Lipinski definition) is 5. The molecule has 1 saturated carbocycles. The molecule has 2 N–H and O–H groups in total. The molecule has 2 amide bonds. The molecule has 1 aromatic heterocycles. The molecule has 1 aliphatic heterocycles. The van der Waals surface area contributed by atoms with E-state index in [1.54, 1.807) is 0 Å². The van der Waals surface area contributed by atoms with Crippen LogP contribution < -0.4 is 10.6 Å². The number of ether oxygens (including phenoxy) is 1. The van der Waals surface area contributed by atoms with Gasteiger partial charge in [-0.05, 0) is 31.7 Å². The molecule has 28 heavy (non-hydrogen) atoms. The molecular weight excluding hydrogens is 358 g/mol. The lowest BCUT2D eigenvalue weighted by molar-refractivity contribution is -0.158. The Labute approximate surface area is 163 Å². The second-order valence-corrected chi connectivity index (χ2v) is 7.94. The molecule has 1 aliphatic carbocycles. The number of amides is 2. The van der Waals surface area contributed by atoms with E-state index < -0.39 is 11.5 Å². The van der Waals surface area contributed by atoms with Gasteiger partial charge in [0.25, 0.3) is 5.91 Å². The molecule has 1 saturated heterocycles. The normalized spacial score (nSPS) is 19.2. The first-order valence-corrected chi connectivity index (χ1v) is 9.72. The average Bonchev–Trinajstić information content (AvgIpc) is 3.13. The van der Waals surface area contributed by atoms with E-state index in [0.29, 0.717) is 25.5 Å². The third-order valence-corrected chi connectivity index (χ3v) is 5.47. The van der Waals surface area contributed by atoms with Crippen LogP contribution in [0, 0.1) is 5.41 Å². The van der Waals surface area contributed by atoms with Gasteiger partial charge in [-0.1, -0.05) is 30.3 Å². The van der Waals surface area contributed by atoms with Crippen LogP contribution in [0.5, 0.6) is 0 Å². The molecular formula is C21H25N3O4. The van der Waals surface area contributed by atoms with Crippen molar-refractivity contribution in [3.05, 3.63) is 53.7 Å². The standard InChI is InChI=1S/C21H25N3O4/c1-21(12-27-13-21)20(26)24-16(10-14-6-3-2-4-7-14)19-23-17(11-28-19)18(25)22-15-8-5-9-15/h2-4,6-7,11,15-16H,5,8-10,12-13H2,1H3,(H,22,25)(H,24,26)/t16-/m1/s1. The number of nitrogens with one attached hydrogen (secondary N) is 2. The minimum Gasteiger partial charge on any atom is -0.446 e. The summed E-state index contributed by atoms with van der Waals surface area (Å²) in [5.41, 5.74) is 0.750. The number of benzene rings is 1. The van der Waals surface area contributed by atoms with Crippen LogP contribution in [0.25, 0.3) is 0 Å². The highest BCUT2D eigenvalue weighted by molar-refractivity contribution is 5.92. The molecule has 2 aliphatic rings. The molecule has 1 atom stereocenters. The lowest BCUT2D eigenvalue weighted by Gasteiger charge is -2.37. The van der Waals surface area contributed by atoms with Gasteiger partial charge in [0.1, 0.15) is 12.3 Å². The van der Waals surface area contributed by atoms with Gasteiger partial charge in [-0.25, -0.2) is 4.98 Å². The molecule has 7 heteroatoms. The molecule has 2 fully saturated rings. The van der Waals surface area contributed by atoms with Crippen molar-refractivity contribution in [2.45, 2.75) is 44.7 Å². The lowest BCUT2D eigenvalue weighted by atomic mass is 9.87. The zero-order valence-corrected chi connectivity index (χ0v) is 15.9. The quantitative estimate of drug-likeness (QED) is 0.766. The number of carbonyl (C=O) groups is 2. The first kappa shape index (κ1) is 18.7. The van der Waals surface area contributed by atoms with E-state index in [2.05, 4.69) is 15.6 Å². The van der Waals surface area contributed by atoms with Gasteiger partial charge in [-0.15, -0.1) is 0 Å². The predicted octanol–water partition coefficient (Wildman–Crippen LogP) is 2.39. The van der Waals surface area contributed by atoms with Crippen LogP contribution in [-0.4, -0.2) is 36.1 Å². The third-order valence-electron chi connectivity index (χ3n) is 5.47. The minimum absolute atomic E-state index is 0.0987. The van der Waals surface area contributed by atoms with Crippen LogP contribution in [0.3, 0.4) is 0 Å². The molecule has 7 nitrogen and oxygen atoms in total. The zero-order chi connectivity index (χ0) is 19.6. The molecule has 0 unspecified atom stereocenters. The fraction of sp³-hybridized carbons (Fsp3) is 0.476. The Hall–Kier alpha value is -2.67. The summed E-state index contributed by atoms with van der Waals surface area (Å²) in [7, 11) is 0. The number of rotatable bonds is 7. The summed E-state index contributed by atoms with van der Waals surface area (Å²) in [5.74, 6) is 0.00185. The van der Waals surface area contributed by atoms with Crippen molar-refractivity contribution in [2.24, 2.45) is 5.41 Å². The predicted molar refractivity (Wildman–Crippen MR) is 102 cm³/mol. The van der Waals surface area contributed by atoms with Gasteiger partial charge in [0.15, 0.2) is 5.69 Å². The third kappa shape index (κ3) is 3.94. The highest BCUT2D eigenvalue weighted by Gasteiger charge is 2.42. The molecule has 0 spiro atoms. The van der Waals surface area contributed by atoms with Gasteiger partial charge in [0.05, 0.1) is 18.6 Å². The average molecular weight is 383 g/mol. The summed E-state index contributed by atoms with van der Waals surface area (Å²) < 4.78 is 10.8. The van der Waals surface area contributed by atoms with Crippen LogP contribution in [-0.2, 0) is 16.0 Å². The molecule has 2 aromatic rings. The van der Waals surface area contributed by atoms with Gasteiger partial charge in [-0.2, -0.15) is 0 Å². The van der Waals surface area contributed by atoms with Crippen molar-refractivity contribution >= 4 is 11.8 Å². The maximum atomic E-state index is 12.7. The lowest BCUT2D eigenvalue weighted by Crippen LogP contribution is -2.52. The van der Waals surface area contributed by atoms with Gasteiger partial charge in [0, 0.05) is 12.5 Å². The smallest absolute Gasteiger partial charge is 0.273 e. The fourth-order valence-corrected chi connectivity index (χ4v) is 3.29. The fourth-order valence-electron chi connectivity index (χ4n) is 3.29. The van der Waals surface area contributed by atoms with E-state index >= 15 is 0 Å². The van der Waals surface area contributed by atoms with E-state index in [1.807, 2.05) is 37.3 Å². The summed E-state index contributed by atoms with van der Waals surface area (Å²) in [6.45, 7) is 2.67. The maximum Gasteiger partial charge on any atom is 0.273 e. The van der Waals surface area contributed by atoms with Crippen LogP contribution in [0.15, 0.2) is 41.0 Å². The van der Waals surface area contributed by atoms with Crippen LogP contribution in [0.2, 0.25) is 0 Å². The van der Waals surface area contributed by atoms with E-state index in [0.717, 1.165) is 24.8 Å². The summed E-state index contributed by atoms with van der Waals surface area (Å²) in [5, 5.41) is 5.99. The molecule has 0 radical (unpaired) electrons. The first-order valence-electron chi connectivity index (χ1n) is 9.72. The molecule has 4 rings (SSSR count). The van der Waals surface area contributed by atoms with E-state index in [9.17, 15) is 9.59 Å². The van der Waals surface area contributed by atoms with Crippen LogP contribution in [0.4, 0.5) is 0 Å². The van der Waals surface area contributed by atoms with E-state index in [1.165, 1.54) is 6.26 Å². The maximum absolute atomic E-state index is 12.7. The Morgan fingerprint density at radius 1 is 1.25 bits per heavy atom. The Kier molecular flexibility index (Phi) is 5.17. The van der Waals surface area contributed by atoms with E-state index in [-0.39, 0.29) is 23.6 Å². The summed E-state index contributed by atoms with van der Waals surface area (Å²) >= 11 is 0. The largest absolute Gasteiger partial charge is 0.446 e. The second-order valence-electron chi connectivity index (χ2n) is 7.94. The topological polar surface area (TPSA) is 93.5 Å². The number of oxazole rings is 1. The van der Waals surface area contributed by atoms with Crippen LogP contribution in [0.1, 0.15) is 54.2 Å². The molecule has 1 aromatic carbocycles. The van der Waals surface area contributed by atoms with Crippen molar-refractivity contribution < 1.29 is 18.7 Å². The Morgan fingerprint density at radius 2 is 2.00 bits per heavy atom. The van der Waals surface area contributed by atoms with Crippen LogP contribution >= 0.6 is 0 Å². The monoisotopic (exact) mass is 383 g/mol. The first-order chi connectivity index (χ1) is 13.5. The highest BCUT2D eigenvalue weighted by atomic mass is 16.5. The summed E-state index contributed by atoms with van der Waals surface area (Å²) in [4.78, 5) is 29.4. The van der Waals surface area contributed by atoms with Gasteiger partial charge >= 0.3 is 0 Å².